The SMILES string of the molecule is O=CNc1ccc(C#Cc2cnn3cc(OCCCN4CCOCC4)cnc23)cc1. The summed E-state index contributed by atoms with van der Waals surface area (Å²) in [5.41, 5.74) is 2.99. The van der Waals surface area contributed by atoms with E-state index in [1.807, 2.05) is 18.3 Å². The number of aromatic nitrogens is 3. The number of hydrogen-bond acceptors (Lipinski definition) is 6. The molecular formula is C22H23N5O3. The standard InChI is InChI=1S/C22H23N5O3/c28-17-24-20-6-3-18(4-7-20)2-5-19-14-25-27-16-21(15-23-22(19)27)30-11-1-8-26-9-12-29-13-10-26/h3-4,6-7,14-17H,1,8-13H2,(H,24,28). The Hall–Kier alpha value is -3.41. The van der Waals surface area contributed by atoms with E-state index < -0.39 is 0 Å². The van der Waals surface area contributed by atoms with Crippen molar-refractivity contribution in [3.8, 4) is 17.6 Å². The Balaban J connectivity index is 1.34. The van der Waals surface area contributed by atoms with E-state index >= 15 is 0 Å². The minimum absolute atomic E-state index is 0.632. The summed E-state index contributed by atoms with van der Waals surface area (Å²) in [6, 6.07) is 7.30. The average molecular weight is 405 g/mol. The van der Waals surface area contributed by atoms with E-state index in [0.29, 0.717) is 24.4 Å². The van der Waals surface area contributed by atoms with Crippen molar-refractivity contribution in [2.75, 3.05) is 44.8 Å². The number of ether oxygens (including phenoxy) is 2. The topological polar surface area (TPSA) is 81.0 Å². The van der Waals surface area contributed by atoms with Crippen LogP contribution in [-0.2, 0) is 9.53 Å². The molecule has 1 aromatic carbocycles. The molecule has 3 aromatic rings. The summed E-state index contributed by atoms with van der Waals surface area (Å²) in [5, 5.41) is 6.93. The minimum atomic E-state index is 0.632. The second-order valence-corrected chi connectivity index (χ2v) is 6.86. The second-order valence-electron chi connectivity index (χ2n) is 6.86. The maximum atomic E-state index is 10.5. The van der Waals surface area contributed by atoms with Crippen LogP contribution in [0.15, 0.2) is 42.9 Å². The molecule has 0 saturated carbocycles. The molecule has 0 spiro atoms. The molecule has 0 aliphatic carbocycles. The van der Waals surface area contributed by atoms with Crippen LogP contribution in [0.1, 0.15) is 17.5 Å². The number of benzene rings is 1. The summed E-state index contributed by atoms with van der Waals surface area (Å²) >= 11 is 0. The number of carbonyl (C=O) groups is 1. The van der Waals surface area contributed by atoms with Gasteiger partial charge >= 0.3 is 0 Å². The van der Waals surface area contributed by atoms with Crippen LogP contribution < -0.4 is 10.1 Å². The average Bonchev–Trinajstić information content (AvgIpc) is 3.19. The van der Waals surface area contributed by atoms with E-state index in [9.17, 15) is 4.79 Å². The summed E-state index contributed by atoms with van der Waals surface area (Å²) < 4.78 is 12.9. The summed E-state index contributed by atoms with van der Waals surface area (Å²) in [6.45, 7) is 5.25. The van der Waals surface area contributed by atoms with Gasteiger partial charge in [0.15, 0.2) is 11.4 Å². The molecule has 0 bridgehead atoms. The Morgan fingerprint density at radius 2 is 2.00 bits per heavy atom. The van der Waals surface area contributed by atoms with Gasteiger partial charge in [-0.05, 0) is 30.7 Å². The van der Waals surface area contributed by atoms with E-state index in [-0.39, 0.29) is 0 Å². The number of hydrogen-bond donors (Lipinski definition) is 1. The Bertz CT molecular complexity index is 1050. The highest BCUT2D eigenvalue weighted by molar-refractivity contribution is 5.71. The highest BCUT2D eigenvalue weighted by Gasteiger charge is 2.10. The summed E-state index contributed by atoms with van der Waals surface area (Å²) in [6.07, 6.45) is 6.82. The van der Waals surface area contributed by atoms with Crippen LogP contribution in [-0.4, -0.2) is 65.4 Å². The quantitative estimate of drug-likeness (QED) is 0.367. The zero-order chi connectivity index (χ0) is 20.6. The van der Waals surface area contributed by atoms with Gasteiger partial charge in [0.2, 0.25) is 6.41 Å². The third-order valence-electron chi connectivity index (χ3n) is 4.78. The second kappa shape index (κ2) is 9.87. The number of nitrogens with one attached hydrogen (secondary N) is 1. The van der Waals surface area contributed by atoms with Gasteiger partial charge < -0.3 is 14.8 Å². The third kappa shape index (κ3) is 5.14. The Labute approximate surface area is 174 Å². The maximum absolute atomic E-state index is 10.5. The molecule has 30 heavy (non-hydrogen) atoms. The van der Waals surface area contributed by atoms with Gasteiger partial charge in [0.05, 0.1) is 44.0 Å². The largest absolute Gasteiger partial charge is 0.490 e. The van der Waals surface area contributed by atoms with Gasteiger partial charge in [-0.25, -0.2) is 9.50 Å². The smallest absolute Gasteiger partial charge is 0.211 e. The summed E-state index contributed by atoms with van der Waals surface area (Å²) in [4.78, 5) is 17.3. The van der Waals surface area contributed by atoms with E-state index in [4.69, 9.17) is 9.47 Å². The van der Waals surface area contributed by atoms with Crippen molar-refractivity contribution in [2.45, 2.75) is 6.42 Å². The molecule has 3 heterocycles. The lowest BCUT2D eigenvalue weighted by atomic mass is 10.2. The van der Waals surface area contributed by atoms with Crippen LogP contribution in [0, 0.1) is 11.8 Å². The summed E-state index contributed by atoms with van der Waals surface area (Å²) in [5.74, 6) is 6.88. The van der Waals surface area contributed by atoms with E-state index in [1.54, 1.807) is 29.0 Å². The molecule has 154 valence electrons. The Morgan fingerprint density at radius 1 is 1.17 bits per heavy atom. The van der Waals surface area contributed by atoms with Crippen LogP contribution in [0.25, 0.3) is 5.65 Å². The number of rotatable bonds is 7. The molecule has 1 aliphatic heterocycles. The van der Waals surface area contributed by atoms with E-state index in [1.165, 1.54) is 0 Å². The molecule has 2 aromatic heterocycles. The van der Waals surface area contributed by atoms with Crippen molar-refractivity contribution in [3.63, 3.8) is 0 Å². The molecule has 0 unspecified atom stereocenters. The van der Waals surface area contributed by atoms with E-state index in [0.717, 1.165) is 56.1 Å². The predicted octanol–water partition coefficient (Wildman–Crippen LogP) is 1.80. The van der Waals surface area contributed by atoms with Crippen LogP contribution >= 0.6 is 0 Å². The third-order valence-corrected chi connectivity index (χ3v) is 4.78. The van der Waals surface area contributed by atoms with Crippen molar-refractivity contribution >= 4 is 17.7 Å². The highest BCUT2D eigenvalue weighted by Crippen LogP contribution is 2.14. The van der Waals surface area contributed by atoms with Crippen LogP contribution in [0.2, 0.25) is 0 Å². The monoisotopic (exact) mass is 405 g/mol. The fourth-order valence-electron chi connectivity index (χ4n) is 3.18. The number of morpholine rings is 1. The first kappa shape index (κ1) is 19.9. The Kier molecular flexibility index (Phi) is 6.54. The van der Waals surface area contributed by atoms with Crippen molar-refractivity contribution in [1.82, 2.24) is 19.5 Å². The van der Waals surface area contributed by atoms with E-state index in [2.05, 4.69) is 32.1 Å². The molecule has 1 fully saturated rings. The number of anilines is 1. The zero-order valence-electron chi connectivity index (χ0n) is 16.6. The molecule has 1 aliphatic rings. The van der Waals surface area contributed by atoms with Gasteiger partial charge in [0, 0.05) is 30.9 Å². The highest BCUT2D eigenvalue weighted by atomic mass is 16.5. The maximum Gasteiger partial charge on any atom is 0.211 e. The molecule has 1 saturated heterocycles. The minimum Gasteiger partial charge on any atom is -0.490 e. The van der Waals surface area contributed by atoms with Gasteiger partial charge in [-0.2, -0.15) is 5.10 Å². The van der Waals surface area contributed by atoms with Gasteiger partial charge in [-0.3, -0.25) is 9.69 Å². The van der Waals surface area contributed by atoms with Gasteiger partial charge in [0.1, 0.15) is 0 Å². The van der Waals surface area contributed by atoms with Crippen molar-refractivity contribution in [2.24, 2.45) is 0 Å². The number of amides is 1. The Morgan fingerprint density at radius 3 is 2.80 bits per heavy atom. The van der Waals surface area contributed by atoms with Gasteiger partial charge in [-0.1, -0.05) is 11.8 Å². The fraction of sp³-hybridized carbons (Fsp3) is 0.318. The lowest BCUT2D eigenvalue weighted by Crippen LogP contribution is -2.37. The predicted molar refractivity (Wildman–Crippen MR) is 112 cm³/mol. The molecule has 0 atom stereocenters. The molecule has 8 heteroatoms. The van der Waals surface area contributed by atoms with Crippen LogP contribution in [0.3, 0.4) is 0 Å². The normalized spacial score (nSPS) is 14.1. The van der Waals surface area contributed by atoms with Gasteiger partial charge in [-0.15, -0.1) is 0 Å². The first-order valence-corrected chi connectivity index (χ1v) is 9.90. The van der Waals surface area contributed by atoms with Gasteiger partial charge in [0.25, 0.3) is 0 Å². The lowest BCUT2D eigenvalue weighted by Gasteiger charge is -2.26. The molecule has 1 N–H and O–H groups in total. The van der Waals surface area contributed by atoms with Crippen molar-refractivity contribution in [3.05, 3.63) is 54.0 Å². The molecule has 0 radical (unpaired) electrons. The van der Waals surface area contributed by atoms with Crippen LogP contribution in [0.4, 0.5) is 5.69 Å². The van der Waals surface area contributed by atoms with Crippen LogP contribution in [0.5, 0.6) is 5.75 Å². The van der Waals surface area contributed by atoms with Crippen molar-refractivity contribution < 1.29 is 14.3 Å². The van der Waals surface area contributed by atoms with Crippen molar-refractivity contribution in [1.29, 1.82) is 0 Å². The number of fused-ring (bicyclic) bond motifs is 1. The fourth-order valence-corrected chi connectivity index (χ4v) is 3.18. The number of nitrogens with zero attached hydrogens (tertiary/aromatic N) is 4. The molecular weight excluding hydrogens is 382 g/mol. The first-order chi connectivity index (χ1) is 14.8. The number of carbonyl (C=O) groups excluding carboxylic acids is 1. The summed E-state index contributed by atoms with van der Waals surface area (Å²) in [7, 11) is 0. The zero-order valence-corrected chi connectivity index (χ0v) is 16.6. The molecule has 4 rings (SSSR count). The molecule has 1 amide bonds. The lowest BCUT2D eigenvalue weighted by molar-refractivity contribution is -0.105. The first-order valence-electron chi connectivity index (χ1n) is 9.90. The molecule has 8 nitrogen and oxygen atoms in total.